The number of nitrogens with two attached hydrogens (primary N) is 1. The van der Waals surface area contributed by atoms with Gasteiger partial charge in [0.05, 0.1) is 11.8 Å². The lowest BCUT2D eigenvalue weighted by Crippen LogP contribution is -2.06. The molecule has 2 aromatic heterocycles. The lowest BCUT2D eigenvalue weighted by Gasteiger charge is -2.03. The van der Waals surface area contributed by atoms with Gasteiger partial charge in [-0.15, -0.1) is 0 Å². The van der Waals surface area contributed by atoms with Crippen LogP contribution in [0.3, 0.4) is 0 Å². The number of aliphatic hydroxyl groups is 1. The number of imidazole rings is 1. The second kappa shape index (κ2) is 3.77. The van der Waals surface area contributed by atoms with Gasteiger partial charge >= 0.3 is 0 Å². The molecule has 4 nitrogen and oxygen atoms in total. The summed E-state index contributed by atoms with van der Waals surface area (Å²) in [5.74, 6) is 0. The van der Waals surface area contributed by atoms with Gasteiger partial charge in [0, 0.05) is 12.4 Å². The van der Waals surface area contributed by atoms with Gasteiger partial charge in [-0.3, -0.25) is 0 Å². The number of fused-ring (bicyclic) bond motifs is 1. The van der Waals surface area contributed by atoms with Crippen LogP contribution in [0.15, 0.2) is 30.6 Å². The fourth-order valence-corrected chi connectivity index (χ4v) is 1.42. The van der Waals surface area contributed by atoms with E-state index < -0.39 is 6.10 Å². The minimum absolute atomic E-state index is 0.467. The van der Waals surface area contributed by atoms with Crippen molar-refractivity contribution in [1.82, 2.24) is 9.38 Å². The summed E-state index contributed by atoms with van der Waals surface area (Å²) in [4.78, 5) is 4.29. The summed E-state index contributed by atoms with van der Waals surface area (Å²) >= 11 is 0. The summed E-state index contributed by atoms with van der Waals surface area (Å²) in [6, 6.07) is 5.74. The maximum atomic E-state index is 9.67. The highest BCUT2D eigenvalue weighted by Gasteiger charge is 2.10. The van der Waals surface area contributed by atoms with Crippen LogP contribution in [0, 0.1) is 0 Å². The molecule has 0 bridgehead atoms. The second-order valence-electron chi connectivity index (χ2n) is 3.23. The highest BCUT2D eigenvalue weighted by Crippen LogP contribution is 2.15. The first-order valence-corrected chi connectivity index (χ1v) is 4.63. The van der Waals surface area contributed by atoms with E-state index in [0.29, 0.717) is 18.7 Å². The maximum absolute atomic E-state index is 9.67. The zero-order chi connectivity index (χ0) is 9.97. The minimum Gasteiger partial charge on any atom is -0.387 e. The number of hydrogen-bond acceptors (Lipinski definition) is 3. The van der Waals surface area contributed by atoms with E-state index in [2.05, 4.69) is 4.98 Å². The molecule has 0 saturated carbocycles. The van der Waals surface area contributed by atoms with Crippen LogP contribution in [-0.2, 0) is 0 Å². The Morgan fingerprint density at radius 2 is 2.36 bits per heavy atom. The third kappa shape index (κ3) is 1.62. The van der Waals surface area contributed by atoms with E-state index >= 15 is 0 Å². The molecule has 3 N–H and O–H groups in total. The summed E-state index contributed by atoms with van der Waals surface area (Å²) in [5.41, 5.74) is 6.89. The van der Waals surface area contributed by atoms with Crippen molar-refractivity contribution < 1.29 is 5.11 Å². The average molecular weight is 191 g/mol. The maximum Gasteiger partial charge on any atom is 0.137 e. The zero-order valence-corrected chi connectivity index (χ0v) is 7.80. The van der Waals surface area contributed by atoms with E-state index in [4.69, 9.17) is 5.73 Å². The molecule has 14 heavy (non-hydrogen) atoms. The van der Waals surface area contributed by atoms with E-state index in [1.54, 1.807) is 0 Å². The number of hydrogen-bond donors (Lipinski definition) is 2. The van der Waals surface area contributed by atoms with Gasteiger partial charge in [-0.25, -0.2) is 4.98 Å². The Labute approximate surface area is 82.0 Å². The molecule has 0 aliphatic heterocycles. The van der Waals surface area contributed by atoms with Crippen LogP contribution in [0.2, 0.25) is 0 Å². The van der Waals surface area contributed by atoms with Crippen molar-refractivity contribution in [2.45, 2.75) is 12.5 Å². The molecule has 2 rings (SSSR count). The van der Waals surface area contributed by atoms with Crippen LogP contribution in [0.4, 0.5) is 0 Å². The van der Waals surface area contributed by atoms with Gasteiger partial charge in [-0.1, -0.05) is 6.07 Å². The summed E-state index contributed by atoms with van der Waals surface area (Å²) < 4.78 is 1.88. The van der Waals surface area contributed by atoms with E-state index in [1.165, 1.54) is 0 Å². The summed E-state index contributed by atoms with van der Waals surface area (Å²) in [6.07, 6.45) is 3.72. The molecule has 1 unspecified atom stereocenters. The van der Waals surface area contributed by atoms with Gasteiger partial charge in [-0.2, -0.15) is 0 Å². The molecular formula is C10H13N3O. The molecule has 0 aliphatic carbocycles. The van der Waals surface area contributed by atoms with E-state index in [0.717, 1.165) is 5.65 Å². The Hall–Kier alpha value is -1.39. The van der Waals surface area contributed by atoms with Crippen molar-refractivity contribution in [3.05, 3.63) is 36.3 Å². The molecule has 74 valence electrons. The Balaban J connectivity index is 2.35. The average Bonchev–Trinajstić information content (AvgIpc) is 2.61. The Morgan fingerprint density at radius 1 is 1.50 bits per heavy atom. The highest BCUT2D eigenvalue weighted by atomic mass is 16.3. The molecule has 2 heterocycles. The molecule has 0 spiro atoms. The third-order valence-electron chi connectivity index (χ3n) is 2.16. The van der Waals surface area contributed by atoms with Crippen molar-refractivity contribution in [3.8, 4) is 0 Å². The molecule has 0 saturated heterocycles. The van der Waals surface area contributed by atoms with Crippen LogP contribution in [0.25, 0.3) is 5.65 Å². The number of rotatable bonds is 3. The highest BCUT2D eigenvalue weighted by molar-refractivity contribution is 5.39. The van der Waals surface area contributed by atoms with Crippen LogP contribution < -0.4 is 5.73 Å². The Morgan fingerprint density at radius 3 is 3.07 bits per heavy atom. The summed E-state index contributed by atoms with van der Waals surface area (Å²) in [6.45, 7) is 0.467. The number of pyridine rings is 1. The van der Waals surface area contributed by atoms with Gasteiger partial charge in [-0.05, 0) is 25.1 Å². The fourth-order valence-electron chi connectivity index (χ4n) is 1.42. The molecule has 0 radical (unpaired) electrons. The van der Waals surface area contributed by atoms with E-state index in [9.17, 15) is 5.11 Å². The van der Waals surface area contributed by atoms with Gasteiger partial charge < -0.3 is 15.2 Å². The monoisotopic (exact) mass is 191 g/mol. The molecule has 0 aliphatic rings. The Kier molecular flexibility index (Phi) is 2.47. The molecule has 0 fully saturated rings. The molecule has 2 aromatic rings. The molecule has 4 heteroatoms. The van der Waals surface area contributed by atoms with Crippen LogP contribution in [0.1, 0.15) is 18.2 Å². The second-order valence-corrected chi connectivity index (χ2v) is 3.23. The zero-order valence-electron chi connectivity index (χ0n) is 7.80. The normalized spacial score (nSPS) is 13.3. The predicted molar refractivity (Wildman–Crippen MR) is 53.8 cm³/mol. The Bertz CT molecular complexity index is 391. The van der Waals surface area contributed by atoms with Crippen molar-refractivity contribution in [2.75, 3.05) is 6.54 Å². The molecule has 0 aromatic carbocycles. The van der Waals surface area contributed by atoms with Gasteiger partial charge in [0.1, 0.15) is 5.65 Å². The smallest absolute Gasteiger partial charge is 0.137 e. The van der Waals surface area contributed by atoms with Gasteiger partial charge in [0.25, 0.3) is 0 Å². The quantitative estimate of drug-likeness (QED) is 0.751. The number of aliphatic hydroxyl groups excluding tert-OH is 1. The first-order chi connectivity index (χ1) is 6.81. The number of nitrogens with zero attached hydrogens (tertiary/aromatic N) is 2. The van der Waals surface area contributed by atoms with Crippen molar-refractivity contribution in [1.29, 1.82) is 0 Å². The van der Waals surface area contributed by atoms with Crippen molar-refractivity contribution in [3.63, 3.8) is 0 Å². The first kappa shape index (κ1) is 9.18. The van der Waals surface area contributed by atoms with Crippen molar-refractivity contribution in [2.24, 2.45) is 5.73 Å². The summed E-state index contributed by atoms with van der Waals surface area (Å²) in [7, 11) is 0. The molecule has 0 amide bonds. The largest absolute Gasteiger partial charge is 0.387 e. The van der Waals surface area contributed by atoms with Gasteiger partial charge in [0.2, 0.25) is 0 Å². The van der Waals surface area contributed by atoms with Gasteiger partial charge in [0.15, 0.2) is 0 Å². The molecule has 1 atom stereocenters. The first-order valence-electron chi connectivity index (χ1n) is 4.63. The lowest BCUT2D eigenvalue weighted by atomic mass is 10.2. The van der Waals surface area contributed by atoms with Crippen LogP contribution in [0.5, 0.6) is 0 Å². The van der Waals surface area contributed by atoms with E-state index in [-0.39, 0.29) is 0 Å². The molecular weight excluding hydrogens is 178 g/mol. The predicted octanol–water partition coefficient (Wildman–Crippen LogP) is 0.717. The SMILES string of the molecule is NCCC(O)c1cn2ccccc2n1. The standard InChI is InChI=1S/C10H13N3O/c11-5-4-9(14)8-7-13-6-2-1-3-10(13)12-8/h1-3,6-7,9,14H,4-5,11H2. The van der Waals surface area contributed by atoms with Crippen LogP contribution >= 0.6 is 0 Å². The third-order valence-corrected chi connectivity index (χ3v) is 2.16. The van der Waals surface area contributed by atoms with Crippen LogP contribution in [-0.4, -0.2) is 21.0 Å². The fraction of sp³-hybridized carbons (Fsp3) is 0.300. The topological polar surface area (TPSA) is 63.5 Å². The van der Waals surface area contributed by atoms with Crippen molar-refractivity contribution >= 4 is 5.65 Å². The van der Waals surface area contributed by atoms with E-state index in [1.807, 2.05) is 35.0 Å². The number of aromatic nitrogens is 2. The minimum atomic E-state index is -0.556. The lowest BCUT2D eigenvalue weighted by molar-refractivity contribution is 0.166. The summed E-state index contributed by atoms with van der Waals surface area (Å²) in [5, 5.41) is 9.67.